The van der Waals surface area contributed by atoms with Crippen molar-refractivity contribution >= 4 is 35.7 Å². The number of benzene rings is 4. The van der Waals surface area contributed by atoms with E-state index in [1.165, 1.54) is 10.4 Å². The topological polar surface area (TPSA) is 76.7 Å². The summed E-state index contributed by atoms with van der Waals surface area (Å²) in [5.41, 5.74) is 3.94. The number of nitrogens with zero attached hydrogens (tertiary/aromatic N) is 3. The van der Waals surface area contributed by atoms with Crippen LogP contribution in [0.1, 0.15) is 82.7 Å². The lowest BCUT2D eigenvalue weighted by Gasteiger charge is -2.48. The van der Waals surface area contributed by atoms with Gasteiger partial charge in [-0.15, -0.1) is 0 Å². The number of carbonyl (C=O) groups is 1. The van der Waals surface area contributed by atoms with Gasteiger partial charge in [0.2, 0.25) is 0 Å². The quantitative estimate of drug-likeness (QED) is 0.150. The molecule has 0 bridgehead atoms. The van der Waals surface area contributed by atoms with Crippen LogP contribution in [0.25, 0.3) is 10.9 Å². The number of aryl methyl sites for hydroxylation is 1. The van der Waals surface area contributed by atoms with Crippen molar-refractivity contribution in [1.82, 2.24) is 9.47 Å². The molecule has 0 spiro atoms. The predicted octanol–water partition coefficient (Wildman–Crippen LogP) is 8.90. The number of fused-ring (bicyclic) bond motifs is 1. The summed E-state index contributed by atoms with van der Waals surface area (Å²) in [6.07, 6.45) is 3.12. The van der Waals surface area contributed by atoms with Crippen molar-refractivity contribution in [3.63, 3.8) is 0 Å². The standard InChI is InChI=1S/C44H51N3O4Si/c1-31-27-40(49-8)38(37-25-26-47(41(31)37)42(48)50-43(2,3)4)30-46-29-34(23-24-39(46)33-21-19-32(28-45)20-22-33)51-52(44(5,6)7,35-15-11-9-12-16-35)36-17-13-10-14-18-36/h9-22,25-27,34,39H,23-24,29-30H2,1-8H3. The Bertz CT molecular complexity index is 2020. The molecule has 52 heavy (non-hydrogen) atoms. The third-order valence-corrected chi connectivity index (χ3v) is 15.3. The molecule has 2 atom stereocenters. The molecule has 0 amide bonds. The van der Waals surface area contributed by atoms with Gasteiger partial charge in [-0.2, -0.15) is 5.26 Å². The first-order chi connectivity index (χ1) is 24.8. The molecule has 1 aromatic heterocycles. The van der Waals surface area contributed by atoms with Gasteiger partial charge in [0.15, 0.2) is 0 Å². The van der Waals surface area contributed by atoms with Crippen LogP contribution in [0.15, 0.2) is 103 Å². The molecule has 2 unspecified atom stereocenters. The van der Waals surface area contributed by atoms with Gasteiger partial charge in [0, 0.05) is 36.3 Å². The number of aromatic nitrogens is 1. The van der Waals surface area contributed by atoms with Crippen LogP contribution in [0.3, 0.4) is 0 Å². The number of hydrogen-bond donors (Lipinski definition) is 0. The van der Waals surface area contributed by atoms with Crippen LogP contribution in [0.4, 0.5) is 4.79 Å². The number of piperidine rings is 1. The van der Waals surface area contributed by atoms with Crippen molar-refractivity contribution in [2.24, 2.45) is 0 Å². The largest absolute Gasteiger partial charge is 0.496 e. The van der Waals surface area contributed by atoms with E-state index in [0.29, 0.717) is 18.7 Å². The second-order valence-electron chi connectivity index (χ2n) is 16.0. The molecule has 6 rings (SSSR count). The van der Waals surface area contributed by atoms with Crippen LogP contribution >= 0.6 is 0 Å². The number of carbonyl (C=O) groups excluding carboxylic acids is 1. The molecule has 1 saturated heterocycles. The maximum absolute atomic E-state index is 13.4. The normalized spacial score (nSPS) is 17.1. The average molecular weight is 714 g/mol. The fourth-order valence-corrected chi connectivity index (χ4v) is 12.7. The lowest BCUT2D eigenvalue weighted by Crippen LogP contribution is -2.68. The molecule has 0 N–H and O–H groups in total. The summed E-state index contributed by atoms with van der Waals surface area (Å²) in [4.78, 5) is 15.9. The molecular weight excluding hydrogens is 663 g/mol. The summed E-state index contributed by atoms with van der Waals surface area (Å²) in [5.74, 6) is 0.778. The van der Waals surface area contributed by atoms with E-state index in [4.69, 9.17) is 13.9 Å². The zero-order valence-electron chi connectivity index (χ0n) is 31.8. The Hall–Kier alpha value is -4.68. The number of methoxy groups -OCH3 is 1. The molecule has 7 nitrogen and oxygen atoms in total. The van der Waals surface area contributed by atoms with Crippen molar-refractivity contribution < 1.29 is 18.7 Å². The molecule has 0 saturated carbocycles. The third-order valence-electron chi connectivity index (χ3n) is 10.2. The van der Waals surface area contributed by atoms with Gasteiger partial charge in [-0.05, 0) is 91.3 Å². The Morgan fingerprint density at radius 2 is 1.50 bits per heavy atom. The maximum atomic E-state index is 13.4. The van der Waals surface area contributed by atoms with E-state index in [-0.39, 0.29) is 17.2 Å². The first-order valence-electron chi connectivity index (χ1n) is 18.2. The summed E-state index contributed by atoms with van der Waals surface area (Å²) in [6.45, 7) is 15.9. The average Bonchev–Trinajstić information content (AvgIpc) is 3.58. The SMILES string of the molecule is COc1cc(C)c2c(ccn2C(=O)OC(C)(C)C)c1CN1CC(O[Si](c2ccccc2)(c2ccccc2)C(C)(C)C)CCC1c1ccc(C#N)cc1. The summed E-state index contributed by atoms with van der Waals surface area (Å²) < 4.78 is 21.2. The van der Waals surface area contributed by atoms with Crippen molar-refractivity contribution in [2.45, 2.75) is 90.6 Å². The van der Waals surface area contributed by atoms with E-state index < -0.39 is 20.0 Å². The molecule has 2 heterocycles. The molecule has 270 valence electrons. The van der Waals surface area contributed by atoms with Crippen molar-refractivity contribution in [2.75, 3.05) is 13.7 Å². The van der Waals surface area contributed by atoms with Crippen LogP contribution < -0.4 is 15.1 Å². The Balaban J connectivity index is 1.44. The van der Waals surface area contributed by atoms with Gasteiger partial charge < -0.3 is 13.9 Å². The lowest BCUT2D eigenvalue weighted by atomic mass is 9.92. The molecule has 1 aliphatic rings. The van der Waals surface area contributed by atoms with Gasteiger partial charge >= 0.3 is 6.09 Å². The van der Waals surface area contributed by atoms with Gasteiger partial charge in [0.1, 0.15) is 11.4 Å². The zero-order valence-corrected chi connectivity index (χ0v) is 32.8. The highest BCUT2D eigenvalue weighted by Crippen LogP contribution is 2.42. The van der Waals surface area contributed by atoms with Gasteiger partial charge in [0.05, 0.1) is 30.4 Å². The molecule has 1 aliphatic heterocycles. The zero-order chi connectivity index (χ0) is 37.3. The first-order valence-corrected chi connectivity index (χ1v) is 20.1. The summed E-state index contributed by atoms with van der Waals surface area (Å²) in [6, 6.07) is 36.0. The lowest BCUT2D eigenvalue weighted by molar-refractivity contribution is 0.0382. The van der Waals surface area contributed by atoms with Crippen molar-refractivity contribution in [3.8, 4) is 11.8 Å². The van der Waals surface area contributed by atoms with E-state index in [0.717, 1.165) is 46.2 Å². The molecule has 4 aromatic carbocycles. The molecular formula is C44H51N3O4Si. The number of hydrogen-bond acceptors (Lipinski definition) is 6. The van der Waals surface area contributed by atoms with E-state index in [2.05, 4.69) is 105 Å². The smallest absolute Gasteiger partial charge is 0.419 e. The van der Waals surface area contributed by atoms with Crippen LogP contribution in [0.2, 0.25) is 5.04 Å². The summed E-state index contributed by atoms with van der Waals surface area (Å²) in [5, 5.41) is 12.9. The highest BCUT2D eigenvalue weighted by atomic mass is 28.4. The number of rotatable bonds is 8. The van der Waals surface area contributed by atoms with Crippen molar-refractivity contribution in [3.05, 3.63) is 126 Å². The van der Waals surface area contributed by atoms with Crippen molar-refractivity contribution in [1.29, 1.82) is 5.26 Å². The fourth-order valence-electron chi connectivity index (χ4n) is 7.95. The van der Waals surface area contributed by atoms with Crippen LogP contribution in [-0.2, 0) is 15.7 Å². The minimum absolute atomic E-state index is 0.0424. The van der Waals surface area contributed by atoms with E-state index >= 15 is 0 Å². The van der Waals surface area contributed by atoms with Gasteiger partial charge in [0.25, 0.3) is 8.32 Å². The Morgan fingerprint density at radius 3 is 2.04 bits per heavy atom. The summed E-state index contributed by atoms with van der Waals surface area (Å²) >= 11 is 0. The Kier molecular flexibility index (Phi) is 10.5. The summed E-state index contributed by atoms with van der Waals surface area (Å²) in [7, 11) is -1.11. The Morgan fingerprint density at radius 1 is 0.885 bits per heavy atom. The minimum Gasteiger partial charge on any atom is -0.496 e. The Labute approximate surface area is 309 Å². The highest BCUT2D eigenvalue weighted by Gasteiger charge is 2.52. The van der Waals surface area contributed by atoms with Crippen LogP contribution in [-0.4, -0.2) is 49.2 Å². The minimum atomic E-state index is -2.81. The van der Waals surface area contributed by atoms with E-state index in [9.17, 15) is 10.1 Å². The molecule has 0 aliphatic carbocycles. The number of ether oxygens (including phenoxy) is 2. The monoisotopic (exact) mass is 713 g/mol. The van der Waals surface area contributed by atoms with Crippen LogP contribution in [0.5, 0.6) is 5.75 Å². The fraction of sp³-hybridized carbons (Fsp3) is 0.364. The van der Waals surface area contributed by atoms with Gasteiger partial charge in [-0.3, -0.25) is 9.47 Å². The van der Waals surface area contributed by atoms with Gasteiger partial charge in [-0.25, -0.2) is 4.79 Å². The molecule has 5 aromatic rings. The first kappa shape index (κ1) is 37.1. The predicted molar refractivity (Wildman–Crippen MR) is 211 cm³/mol. The van der Waals surface area contributed by atoms with E-state index in [1.54, 1.807) is 17.9 Å². The third kappa shape index (κ3) is 7.31. The maximum Gasteiger partial charge on any atom is 0.419 e. The van der Waals surface area contributed by atoms with Gasteiger partial charge in [-0.1, -0.05) is 93.6 Å². The molecule has 1 fully saturated rings. The molecule has 0 radical (unpaired) electrons. The van der Waals surface area contributed by atoms with Crippen LogP contribution in [0, 0.1) is 18.3 Å². The molecule has 8 heteroatoms. The number of nitriles is 1. The number of likely N-dealkylation sites (tertiary alicyclic amines) is 1. The van der Waals surface area contributed by atoms with E-state index in [1.807, 2.05) is 52.0 Å². The highest BCUT2D eigenvalue weighted by molar-refractivity contribution is 6.99. The second-order valence-corrected chi connectivity index (χ2v) is 20.2. The second kappa shape index (κ2) is 14.7.